The zero-order chi connectivity index (χ0) is 29.5. The molecule has 0 unspecified atom stereocenters. The molecule has 5 N–H and O–H groups in total. The minimum atomic E-state index is -1.14. The van der Waals surface area contributed by atoms with Crippen LogP contribution in [0.25, 0.3) is 0 Å². The van der Waals surface area contributed by atoms with E-state index < -0.39 is 17.9 Å². The predicted octanol–water partition coefficient (Wildman–Crippen LogP) is -2.34. The Morgan fingerprint density at radius 3 is 2.68 bits per heavy atom. The fourth-order valence-electron chi connectivity index (χ4n) is 6.57. The molecule has 4 aliphatic heterocycles. The van der Waals surface area contributed by atoms with E-state index in [0.29, 0.717) is 37.5 Å². The molecule has 16 heteroatoms. The molecular formula is C25H39N10O5S+. The average molecular weight is 592 g/mol. The number of nitrogens with zero attached hydrogens (tertiary/aromatic N) is 7. The number of β-lactam (4-membered cyclic amide) rings is 1. The van der Waals surface area contributed by atoms with Gasteiger partial charge in [-0.25, -0.2) is 9.48 Å². The molecule has 3 fully saturated rings. The summed E-state index contributed by atoms with van der Waals surface area (Å²) in [5.41, 5.74) is 5.77. The summed E-state index contributed by atoms with van der Waals surface area (Å²) in [6.07, 6.45) is 1.91. The van der Waals surface area contributed by atoms with E-state index in [-0.39, 0.29) is 53.2 Å². The van der Waals surface area contributed by atoms with Gasteiger partial charge < -0.3 is 35.8 Å². The molecular weight excluding hydrogens is 552 g/mol. The number of amides is 3. The van der Waals surface area contributed by atoms with Crippen LogP contribution in [0.3, 0.4) is 0 Å². The molecule has 5 rings (SSSR count). The van der Waals surface area contributed by atoms with Crippen molar-refractivity contribution < 1.29 is 28.8 Å². The van der Waals surface area contributed by atoms with Gasteiger partial charge >= 0.3 is 5.97 Å². The number of aliphatic carboxylic acids is 1. The lowest BCUT2D eigenvalue weighted by Crippen LogP contribution is -2.66. The number of fused-ring (bicyclic) bond motifs is 1. The maximum Gasteiger partial charge on any atom is 0.353 e. The third kappa shape index (κ3) is 5.69. The van der Waals surface area contributed by atoms with Gasteiger partial charge in [-0.1, -0.05) is 6.92 Å². The van der Waals surface area contributed by atoms with Crippen LogP contribution in [0.5, 0.6) is 0 Å². The minimum absolute atomic E-state index is 0.000467. The molecule has 1 aromatic heterocycles. The Bertz CT molecular complexity index is 1220. The van der Waals surface area contributed by atoms with E-state index in [1.165, 1.54) is 27.7 Å². The number of thioether (sulfide) groups is 1. The van der Waals surface area contributed by atoms with Gasteiger partial charge in [0.2, 0.25) is 17.7 Å². The van der Waals surface area contributed by atoms with Gasteiger partial charge in [-0.05, 0) is 23.8 Å². The number of carboxylic acids is 1. The lowest BCUT2D eigenvalue weighted by molar-refractivity contribution is -0.911. The number of hydrogen-bond donors (Lipinski definition) is 4. The molecule has 0 aromatic carbocycles. The smallest absolute Gasteiger partial charge is 0.353 e. The fraction of sp³-hybridized carbons (Fsp3) is 0.720. The summed E-state index contributed by atoms with van der Waals surface area (Å²) in [6, 6.07) is -1.17. The molecule has 0 saturated carbocycles. The van der Waals surface area contributed by atoms with Crippen molar-refractivity contribution in [2.45, 2.75) is 50.2 Å². The quantitative estimate of drug-likeness (QED) is 0.169. The number of likely N-dealkylation sites (N-methyl/N-ethyl adjacent to an activating group) is 1. The van der Waals surface area contributed by atoms with E-state index in [0.717, 1.165) is 24.1 Å². The van der Waals surface area contributed by atoms with Gasteiger partial charge in [-0.3, -0.25) is 14.4 Å². The first-order chi connectivity index (χ1) is 19.5. The summed E-state index contributed by atoms with van der Waals surface area (Å²) in [4.78, 5) is 55.2. The van der Waals surface area contributed by atoms with Crippen molar-refractivity contribution >= 4 is 35.5 Å². The Morgan fingerprint density at radius 2 is 2.05 bits per heavy atom. The van der Waals surface area contributed by atoms with Gasteiger partial charge in [0, 0.05) is 35.2 Å². The lowest BCUT2D eigenvalue weighted by atomic mass is 9.78. The molecule has 0 radical (unpaired) electrons. The van der Waals surface area contributed by atoms with Gasteiger partial charge in [-0.15, -0.1) is 16.9 Å². The van der Waals surface area contributed by atoms with Crippen molar-refractivity contribution in [2.75, 3.05) is 52.9 Å². The summed E-state index contributed by atoms with van der Waals surface area (Å²) in [5.74, 6) is -2.48. The van der Waals surface area contributed by atoms with Crippen molar-refractivity contribution in [1.82, 2.24) is 40.6 Å². The second-order valence-electron chi connectivity index (χ2n) is 11.7. The average Bonchev–Trinajstić information content (AvgIpc) is 3.65. The van der Waals surface area contributed by atoms with Crippen LogP contribution in [0, 0.1) is 11.8 Å². The number of carbonyl (C=O) groups is 4. The molecule has 1 aromatic rings. The highest BCUT2D eigenvalue weighted by atomic mass is 32.2. The highest BCUT2D eigenvalue weighted by Gasteiger charge is 2.60. The Labute approximate surface area is 242 Å². The second-order valence-corrected chi connectivity index (χ2v) is 13.1. The van der Waals surface area contributed by atoms with Crippen molar-refractivity contribution in [3.05, 3.63) is 16.9 Å². The molecule has 0 bridgehead atoms. The van der Waals surface area contributed by atoms with E-state index in [9.17, 15) is 24.3 Å². The Hall–Kier alpha value is -3.08. The number of rotatable bonds is 10. The number of carbonyl (C=O) groups excluding carboxylic acids is 3. The topological polar surface area (TPSA) is 189 Å². The van der Waals surface area contributed by atoms with Gasteiger partial charge in [0.15, 0.2) is 0 Å². The first-order valence-corrected chi connectivity index (χ1v) is 14.9. The van der Waals surface area contributed by atoms with Crippen LogP contribution >= 0.6 is 11.8 Å². The highest BCUT2D eigenvalue weighted by molar-refractivity contribution is 8.03. The molecule has 4 aliphatic rings. The lowest BCUT2D eigenvalue weighted by Gasteiger charge is -2.47. The van der Waals surface area contributed by atoms with Crippen LogP contribution in [0.15, 0.2) is 16.9 Å². The number of aromatic nitrogens is 4. The van der Waals surface area contributed by atoms with Crippen molar-refractivity contribution in [1.29, 1.82) is 0 Å². The molecule has 224 valence electrons. The maximum absolute atomic E-state index is 13.3. The van der Waals surface area contributed by atoms with Crippen LogP contribution in [0.4, 0.5) is 0 Å². The zero-order valence-corrected chi connectivity index (χ0v) is 24.4. The molecule has 6 atom stereocenters. The zero-order valence-electron chi connectivity index (χ0n) is 23.6. The number of hydrogen-bond acceptors (Lipinski definition) is 10. The molecule has 15 nitrogen and oxygen atoms in total. The van der Waals surface area contributed by atoms with Crippen LogP contribution in [0.1, 0.15) is 20.3 Å². The van der Waals surface area contributed by atoms with Gasteiger partial charge in [0.25, 0.3) is 0 Å². The number of piperazine rings is 1. The van der Waals surface area contributed by atoms with Crippen LogP contribution in [-0.4, -0.2) is 140 Å². The first kappa shape index (κ1) is 29.4. The van der Waals surface area contributed by atoms with Crippen LogP contribution in [0.2, 0.25) is 0 Å². The van der Waals surface area contributed by atoms with Crippen LogP contribution < -0.4 is 16.4 Å². The normalized spacial score (nSPS) is 29.8. The van der Waals surface area contributed by atoms with E-state index in [1.807, 2.05) is 11.8 Å². The third-order valence-corrected chi connectivity index (χ3v) is 10.4. The number of nitrogens with two attached hydrogens (primary N) is 1. The summed E-state index contributed by atoms with van der Waals surface area (Å²) in [6.45, 7) is 8.85. The van der Waals surface area contributed by atoms with Crippen molar-refractivity contribution in [3.63, 3.8) is 0 Å². The maximum atomic E-state index is 13.3. The molecule has 3 saturated heterocycles. The van der Waals surface area contributed by atoms with E-state index in [1.54, 1.807) is 6.92 Å². The van der Waals surface area contributed by atoms with Gasteiger partial charge in [-0.2, -0.15) is 0 Å². The third-order valence-electron chi connectivity index (χ3n) is 8.90. The molecule has 5 heterocycles. The Morgan fingerprint density at radius 1 is 1.32 bits per heavy atom. The molecule has 3 amide bonds. The van der Waals surface area contributed by atoms with E-state index in [2.05, 4.69) is 33.2 Å². The first-order valence-electron chi connectivity index (χ1n) is 14.1. The van der Waals surface area contributed by atoms with E-state index in [4.69, 9.17) is 5.73 Å². The predicted molar refractivity (Wildman–Crippen MR) is 148 cm³/mol. The summed E-state index contributed by atoms with van der Waals surface area (Å²) < 4.78 is 2.16. The number of carboxylic acid groups (broad SMARTS) is 1. The number of nitrogens with one attached hydrogen (secondary N) is 2. The number of quaternary nitrogens is 1. The Balaban J connectivity index is 1.19. The van der Waals surface area contributed by atoms with Crippen molar-refractivity contribution in [3.8, 4) is 0 Å². The minimum Gasteiger partial charge on any atom is -0.477 e. The Kier molecular flexibility index (Phi) is 8.36. The largest absolute Gasteiger partial charge is 0.477 e. The van der Waals surface area contributed by atoms with Gasteiger partial charge in [0.1, 0.15) is 18.6 Å². The van der Waals surface area contributed by atoms with Gasteiger partial charge in [0.05, 0.1) is 57.8 Å². The van der Waals surface area contributed by atoms with Crippen LogP contribution in [-0.2, 0) is 25.7 Å². The number of tetrazole rings is 1. The summed E-state index contributed by atoms with van der Waals surface area (Å²) >= 11 is 1.46. The SMILES string of the molecule is C[C@@H](NC(=O)Cn1cnnn1)[C@H]1C(=O)N2C(C(=O)O)=C(S[C@@H]3CN[C@H](C(=O)N4CC[N+](C)(CCN)CC4)C3)[C@H](C)[C@H]12. The highest BCUT2D eigenvalue weighted by Crippen LogP contribution is 2.51. The monoisotopic (exact) mass is 591 g/mol. The van der Waals surface area contributed by atoms with E-state index >= 15 is 0 Å². The molecule has 0 aliphatic carbocycles. The second kappa shape index (κ2) is 11.7. The summed E-state index contributed by atoms with van der Waals surface area (Å²) in [7, 11) is 2.18. The molecule has 0 spiro atoms. The molecule has 41 heavy (non-hydrogen) atoms. The summed E-state index contributed by atoms with van der Waals surface area (Å²) in [5, 5.41) is 27.0. The van der Waals surface area contributed by atoms with Crippen molar-refractivity contribution in [2.24, 2.45) is 17.6 Å². The fourth-order valence-corrected chi connectivity index (χ4v) is 8.05. The standard InChI is InChI=1S/C25H38N10O5S/c1-14-20-19(15(2)29-18(36)12-33-13-28-30-31-33)24(38)34(20)21(25(39)40)22(14)41-16-10-17(27-11-16)23(37)32-5-8-35(3,7-4-26)9-6-32/h13-17,19-20,27H,4-12,26H2,1-3H3,(H-,29,36,39,40)/p+1/t14-,15-,16+,17+,19-,20-/m1/s1.